The molecule has 0 amide bonds. The van der Waals surface area contributed by atoms with E-state index in [0.29, 0.717) is 26.7 Å². The summed E-state index contributed by atoms with van der Waals surface area (Å²) < 4.78 is 0. The average Bonchev–Trinajstić information content (AvgIpc) is 2.41. The van der Waals surface area contributed by atoms with E-state index in [1.807, 2.05) is 18.4 Å². The number of nitrogens with zero attached hydrogens (tertiary/aromatic N) is 2. The summed E-state index contributed by atoms with van der Waals surface area (Å²) >= 11 is 13.4. The molecule has 2 aromatic rings. The van der Waals surface area contributed by atoms with Gasteiger partial charge in [-0.05, 0) is 30.5 Å². The highest BCUT2D eigenvalue weighted by atomic mass is 35.5. The minimum atomic E-state index is 0.267. The summed E-state index contributed by atoms with van der Waals surface area (Å²) in [5.74, 6) is 0.620. The number of aromatic nitrogens is 2. The van der Waals surface area contributed by atoms with Gasteiger partial charge in [0.1, 0.15) is 11.0 Å². The standard InChI is InChI=1S/C12H12Cl2N4S/c1-19-12-17-10(14)9(6-15)11(18-12)16-8-4-2-7(13)3-5-8/h2-5H,6,15H2,1H3,(H,16,17,18). The molecule has 100 valence electrons. The number of benzene rings is 1. The highest BCUT2D eigenvalue weighted by Crippen LogP contribution is 2.27. The Balaban J connectivity index is 2.37. The van der Waals surface area contributed by atoms with Crippen molar-refractivity contribution >= 4 is 46.5 Å². The first-order valence-corrected chi connectivity index (χ1v) is 7.45. The second-order valence-electron chi connectivity index (χ2n) is 3.66. The fourth-order valence-corrected chi connectivity index (χ4v) is 2.27. The Morgan fingerprint density at radius 3 is 2.47 bits per heavy atom. The van der Waals surface area contributed by atoms with Crippen LogP contribution in [0.15, 0.2) is 29.4 Å². The number of nitrogens with one attached hydrogen (secondary N) is 1. The van der Waals surface area contributed by atoms with Crippen molar-refractivity contribution in [3.05, 3.63) is 40.0 Å². The van der Waals surface area contributed by atoms with Crippen LogP contribution in [0.3, 0.4) is 0 Å². The lowest BCUT2D eigenvalue weighted by atomic mass is 10.2. The molecule has 1 aromatic carbocycles. The van der Waals surface area contributed by atoms with Gasteiger partial charge in [-0.25, -0.2) is 9.97 Å². The molecule has 0 spiro atoms. The van der Waals surface area contributed by atoms with Crippen LogP contribution in [0.5, 0.6) is 0 Å². The molecule has 0 fully saturated rings. The van der Waals surface area contributed by atoms with Crippen LogP contribution in [0.25, 0.3) is 0 Å². The van der Waals surface area contributed by atoms with Crippen molar-refractivity contribution in [1.82, 2.24) is 9.97 Å². The van der Waals surface area contributed by atoms with Gasteiger partial charge in [-0.2, -0.15) is 0 Å². The van der Waals surface area contributed by atoms with Gasteiger partial charge in [0.05, 0.1) is 0 Å². The maximum Gasteiger partial charge on any atom is 0.190 e. The first kappa shape index (κ1) is 14.4. The topological polar surface area (TPSA) is 63.8 Å². The van der Waals surface area contributed by atoms with Gasteiger partial charge in [0.2, 0.25) is 0 Å². The van der Waals surface area contributed by atoms with Gasteiger partial charge in [-0.1, -0.05) is 35.0 Å². The summed E-state index contributed by atoms with van der Waals surface area (Å²) in [7, 11) is 0. The van der Waals surface area contributed by atoms with Crippen LogP contribution >= 0.6 is 35.0 Å². The molecule has 0 aliphatic rings. The van der Waals surface area contributed by atoms with Gasteiger partial charge in [-0.15, -0.1) is 0 Å². The minimum absolute atomic E-state index is 0.267. The maximum absolute atomic E-state index is 6.10. The van der Waals surface area contributed by atoms with E-state index in [2.05, 4.69) is 15.3 Å². The molecule has 0 radical (unpaired) electrons. The largest absolute Gasteiger partial charge is 0.340 e. The first-order chi connectivity index (χ1) is 9.13. The molecule has 0 atom stereocenters. The molecule has 3 N–H and O–H groups in total. The molecule has 0 aliphatic heterocycles. The summed E-state index contributed by atoms with van der Waals surface area (Å²) in [5, 5.41) is 4.82. The number of hydrogen-bond donors (Lipinski definition) is 2. The Morgan fingerprint density at radius 1 is 1.21 bits per heavy atom. The molecule has 7 heteroatoms. The zero-order valence-electron chi connectivity index (χ0n) is 10.2. The molecule has 1 aromatic heterocycles. The van der Waals surface area contributed by atoms with E-state index in [-0.39, 0.29) is 6.54 Å². The third-order valence-electron chi connectivity index (χ3n) is 2.43. The van der Waals surface area contributed by atoms with Crippen LogP contribution in [0.4, 0.5) is 11.5 Å². The Hall–Kier alpha value is -1.01. The van der Waals surface area contributed by atoms with E-state index in [1.54, 1.807) is 12.1 Å². The molecular formula is C12H12Cl2N4S. The van der Waals surface area contributed by atoms with Crippen molar-refractivity contribution in [3.63, 3.8) is 0 Å². The van der Waals surface area contributed by atoms with Crippen LogP contribution in [0, 0.1) is 0 Å². The Labute approximate surface area is 125 Å². The lowest BCUT2D eigenvalue weighted by Crippen LogP contribution is -2.07. The molecule has 19 heavy (non-hydrogen) atoms. The summed E-state index contributed by atoms with van der Waals surface area (Å²) in [6, 6.07) is 7.31. The van der Waals surface area contributed by atoms with E-state index in [9.17, 15) is 0 Å². The number of hydrogen-bond acceptors (Lipinski definition) is 5. The molecule has 0 unspecified atom stereocenters. The van der Waals surface area contributed by atoms with Gasteiger partial charge in [0, 0.05) is 22.8 Å². The maximum atomic E-state index is 6.10. The highest BCUT2D eigenvalue weighted by Gasteiger charge is 2.11. The van der Waals surface area contributed by atoms with Crippen molar-refractivity contribution in [2.24, 2.45) is 5.73 Å². The van der Waals surface area contributed by atoms with Crippen LogP contribution in [-0.2, 0) is 6.54 Å². The third-order valence-corrected chi connectivity index (χ3v) is 3.54. The van der Waals surface area contributed by atoms with Crippen molar-refractivity contribution in [1.29, 1.82) is 0 Å². The van der Waals surface area contributed by atoms with Gasteiger partial charge >= 0.3 is 0 Å². The fraction of sp³-hybridized carbons (Fsp3) is 0.167. The van der Waals surface area contributed by atoms with Crippen LogP contribution in [-0.4, -0.2) is 16.2 Å². The zero-order chi connectivity index (χ0) is 13.8. The third kappa shape index (κ3) is 3.51. The lowest BCUT2D eigenvalue weighted by Gasteiger charge is -2.12. The second-order valence-corrected chi connectivity index (χ2v) is 5.23. The number of nitrogens with two attached hydrogens (primary N) is 1. The smallest absolute Gasteiger partial charge is 0.190 e. The summed E-state index contributed by atoms with van der Waals surface area (Å²) in [6.07, 6.45) is 1.89. The summed E-state index contributed by atoms with van der Waals surface area (Å²) in [4.78, 5) is 8.54. The molecule has 2 rings (SSSR count). The monoisotopic (exact) mass is 314 g/mol. The number of rotatable bonds is 4. The molecule has 1 heterocycles. The fourth-order valence-electron chi connectivity index (χ4n) is 1.48. The number of halogens is 2. The lowest BCUT2D eigenvalue weighted by molar-refractivity contribution is 0.923. The Kier molecular flexibility index (Phi) is 4.87. The van der Waals surface area contributed by atoms with E-state index < -0.39 is 0 Å². The van der Waals surface area contributed by atoms with Crippen LogP contribution in [0.2, 0.25) is 10.2 Å². The van der Waals surface area contributed by atoms with Crippen LogP contribution < -0.4 is 11.1 Å². The van der Waals surface area contributed by atoms with Gasteiger partial charge in [0.15, 0.2) is 5.16 Å². The Bertz CT molecular complexity index is 575. The molecule has 0 saturated carbocycles. The molecule has 0 bridgehead atoms. The van der Waals surface area contributed by atoms with Gasteiger partial charge in [0.25, 0.3) is 0 Å². The number of thioether (sulfide) groups is 1. The van der Waals surface area contributed by atoms with Gasteiger partial charge in [-0.3, -0.25) is 0 Å². The summed E-state index contributed by atoms with van der Waals surface area (Å²) in [5.41, 5.74) is 7.24. The Morgan fingerprint density at radius 2 is 1.89 bits per heavy atom. The van der Waals surface area contributed by atoms with Gasteiger partial charge < -0.3 is 11.1 Å². The van der Waals surface area contributed by atoms with Crippen LogP contribution in [0.1, 0.15) is 5.56 Å². The van der Waals surface area contributed by atoms with E-state index >= 15 is 0 Å². The van der Waals surface area contributed by atoms with Crippen molar-refractivity contribution in [3.8, 4) is 0 Å². The van der Waals surface area contributed by atoms with Crippen molar-refractivity contribution in [2.45, 2.75) is 11.7 Å². The SMILES string of the molecule is CSc1nc(Cl)c(CN)c(Nc2ccc(Cl)cc2)n1. The number of anilines is 2. The normalized spacial score (nSPS) is 10.5. The minimum Gasteiger partial charge on any atom is -0.340 e. The average molecular weight is 315 g/mol. The summed E-state index contributed by atoms with van der Waals surface area (Å²) in [6.45, 7) is 0.267. The first-order valence-electron chi connectivity index (χ1n) is 5.47. The van der Waals surface area contributed by atoms with E-state index in [4.69, 9.17) is 28.9 Å². The van der Waals surface area contributed by atoms with Crippen molar-refractivity contribution < 1.29 is 0 Å². The van der Waals surface area contributed by atoms with E-state index in [0.717, 1.165) is 5.69 Å². The molecular weight excluding hydrogens is 303 g/mol. The van der Waals surface area contributed by atoms with Crippen molar-refractivity contribution in [2.75, 3.05) is 11.6 Å². The predicted octanol–water partition coefficient (Wildman–Crippen LogP) is 3.71. The second kappa shape index (κ2) is 6.43. The van der Waals surface area contributed by atoms with E-state index in [1.165, 1.54) is 11.8 Å². The molecule has 0 saturated heterocycles. The quantitative estimate of drug-likeness (QED) is 0.511. The zero-order valence-corrected chi connectivity index (χ0v) is 12.5. The highest BCUT2D eigenvalue weighted by molar-refractivity contribution is 7.98. The molecule has 4 nitrogen and oxygen atoms in total. The molecule has 0 aliphatic carbocycles. The predicted molar refractivity (Wildman–Crippen MR) is 81.4 cm³/mol.